The Labute approximate surface area is 223 Å². The first-order valence-electron chi connectivity index (χ1n) is 11.3. The molecule has 0 bridgehead atoms. The second-order valence-corrected chi connectivity index (χ2v) is 8.59. The largest absolute Gasteiger partial charge is 0.494 e. The van der Waals surface area contributed by atoms with Crippen molar-refractivity contribution in [3.8, 4) is 17.2 Å². The number of aromatic nitrogens is 1. The van der Waals surface area contributed by atoms with Gasteiger partial charge in [-0.3, -0.25) is 14.4 Å². The van der Waals surface area contributed by atoms with Gasteiger partial charge in [-0.1, -0.05) is 30.3 Å². The Balaban J connectivity index is 1.76. The third-order valence-corrected chi connectivity index (χ3v) is 6.00. The number of halogens is 1. The summed E-state index contributed by atoms with van der Waals surface area (Å²) in [6.45, 7) is 0.114. The van der Waals surface area contributed by atoms with Gasteiger partial charge in [0.05, 0.1) is 27.4 Å². The molecular formula is C27H27BrN2O7. The van der Waals surface area contributed by atoms with Gasteiger partial charge >= 0.3 is 5.97 Å². The van der Waals surface area contributed by atoms with Crippen LogP contribution in [-0.4, -0.2) is 50.0 Å². The first-order chi connectivity index (χ1) is 17.9. The average Bonchev–Trinajstić information content (AvgIpc) is 2.93. The topological polar surface area (TPSA) is 113 Å². The molecule has 1 aromatic heterocycles. The lowest BCUT2D eigenvalue weighted by atomic mass is 10.0. The summed E-state index contributed by atoms with van der Waals surface area (Å²) in [6, 6.07) is 15.9. The highest BCUT2D eigenvalue weighted by Crippen LogP contribution is 2.28. The number of ether oxygens (including phenoxy) is 4. The number of Topliss-reactive ketones (excluding diaryl/α,β-unsaturated/α-hetero) is 1. The summed E-state index contributed by atoms with van der Waals surface area (Å²) in [4.78, 5) is 43.0. The third kappa shape index (κ3) is 7.53. The van der Waals surface area contributed by atoms with Gasteiger partial charge < -0.3 is 24.3 Å². The highest BCUT2D eigenvalue weighted by Gasteiger charge is 2.26. The molecule has 0 saturated carbocycles. The molecule has 0 radical (unpaired) electrons. The summed E-state index contributed by atoms with van der Waals surface area (Å²) >= 11 is 3.27. The highest BCUT2D eigenvalue weighted by molar-refractivity contribution is 9.10. The van der Waals surface area contributed by atoms with Crippen molar-refractivity contribution in [3.05, 3.63) is 82.1 Å². The maximum atomic E-state index is 13.3. The minimum Gasteiger partial charge on any atom is -0.494 e. The van der Waals surface area contributed by atoms with Crippen LogP contribution in [0.15, 0.2) is 65.3 Å². The molecule has 0 spiro atoms. The number of benzene rings is 2. The minimum atomic E-state index is -1.04. The Hall–Kier alpha value is -3.92. The van der Waals surface area contributed by atoms with Crippen molar-refractivity contribution in [2.24, 2.45) is 0 Å². The van der Waals surface area contributed by atoms with E-state index < -0.39 is 23.7 Å². The van der Waals surface area contributed by atoms with Crippen molar-refractivity contribution < 1.29 is 33.3 Å². The summed E-state index contributed by atoms with van der Waals surface area (Å²) in [7, 11) is 4.43. The molecule has 0 fully saturated rings. The van der Waals surface area contributed by atoms with Crippen molar-refractivity contribution >= 4 is 33.6 Å². The van der Waals surface area contributed by atoms with E-state index in [1.54, 1.807) is 18.2 Å². The molecule has 10 heteroatoms. The van der Waals surface area contributed by atoms with E-state index in [2.05, 4.69) is 26.2 Å². The second-order valence-electron chi connectivity index (χ2n) is 7.83. The zero-order valence-corrected chi connectivity index (χ0v) is 22.2. The molecule has 0 aliphatic carbocycles. The Morgan fingerprint density at radius 2 is 1.57 bits per heavy atom. The maximum Gasteiger partial charge on any atom is 0.306 e. The predicted molar refractivity (Wildman–Crippen MR) is 139 cm³/mol. The first-order valence-corrected chi connectivity index (χ1v) is 12.1. The summed E-state index contributed by atoms with van der Waals surface area (Å²) < 4.78 is 21.3. The lowest BCUT2D eigenvalue weighted by molar-refractivity contribution is -0.145. The lowest BCUT2D eigenvalue weighted by Gasteiger charge is -2.18. The quantitative estimate of drug-likeness (QED) is 0.194. The molecule has 37 heavy (non-hydrogen) atoms. The molecule has 3 aromatic rings. The Kier molecular flexibility index (Phi) is 10.0. The average molecular weight is 571 g/mol. The molecule has 1 unspecified atom stereocenters. The molecule has 3 rings (SSSR count). The van der Waals surface area contributed by atoms with Crippen LogP contribution in [0.5, 0.6) is 17.2 Å². The number of nitrogens with zero attached hydrogens (tertiary/aromatic N) is 1. The van der Waals surface area contributed by atoms with Gasteiger partial charge in [-0.25, -0.2) is 4.98 Å². The fraction of sp³-hybridized carbons (Fsp3) is 0.259. The van der Waals surface area contributed by atoms with Gasteiger partial charge in [-0.05, 0) is 58.2 Å². The van der Waals surface area contributed by atoms with E-state index >= 15 is 0 Å². The Bertz CT molecular complexity index is 1250. The lowest BCUT2D eigenvalue weighted by Crippen LogP contribution is -2.41. The van der Waals surface area contributed by atoms with E-state index in [-0.39, 0.29) is 30.7 Å². The van der Waals surface area contributed by atoms with E-state index in [1.807, 2.05) is 30.3 Å². The molecule has 2 aromatic carbocycles. The van der Waals surface area contributed by atoms with E-state index in [1.165, 1.54) is 33.5 Å². The zero-order valence-electron chi connectivity index (χ0n) is 20.7. The number of methoxy groups -OCH3 is 3. The molecule has 1 amide bonds. The number of rotatable bonds is 12. The first kappa shape index (κ1) is 27.7. The van der Waals surface area contributed by atoms with E-state index in [9.17, 15) is 14.4 Å². The Morgan fingerprint density at radius 1 is 0.892 bits per heavy atom. The number of amides is 1. The summed E-state index contributed by atoms with van der Waals surface area (Å²) in [6.07, 6.45) is -0.0798. The van der Waals surface area contributed by atoms with Crippen LogP contribution in [0.3, 0.4) is 0 Å². The molecule has 1 heterocycles. The maximum absolute atomic E-state index is 13.3. The third-order valence-electron chi connectivity index (χ3n) is 5.43. The van der Waals surface area contributed by atoms with Gasteiger partial charge in [0, 0.05) is 12.0 Å². The fourth-order valence-electron chi connectivity index (χ4n) is 3.45. The number of hydrogen-bond donors (Lipinski definition) is 1. The van der Waals surface area contributed by atoms with Crippen LogP contribution in [0, 0.1) is 0 Å². The van der Waals surface area contributed by atoms with Gasteiger partial charge in [0.15, 0.2) is 17.2 Å². The standard InChI is InChI=1S/C27H27BrN2O7/c1-34-21-12-9-18(15-23(21)36-3)27(33)30-20(25(32)19-10-13-22(35-2)26(28)29-19)11-14-24(31)37-16-17-7-5-4-6-8-17/h4-10,12-13,15,20H,11,14,16H2,1-3H3,(H,30,33). The highest BCUT2D eigenvalue weighted by atomic mass is 79.9. The summed E-state index contributed by atoms with van der Waals surface area (Å²) in [5.74, 6) is -0.209. The van der Waals surface area contributed by atoms with Crippen LogP contribution in [0.25, 0.3) is 0 Å². The van der Waals surface area contributed by atoms with Gasteiger partial charge in [0.1, 0.15) is 16.9 Å². The van der Waals surface area contributed by atoms with Gasteiger partial charge in [0.25, 0.3) is 5.91 Å². The van der Waals surface area contributed by atoms with Crippen LogP contribution < -0.4 is 19.5 Å². The number of esters is 1. The van der Waals surface area contributed by atoms with Crippen molar-refractivity contribution in [3.63, 3.8) is 0 Å². The summed E-state index contributed by atoms with van der Waals surface area (Å²) in [5, 5.41) is 2.72. The molecule has 1 N–H and O–H groups in total. The van der Waals surface area contributed by atoms with Crippen LogP contribution in [-0.2, 0) is 16.1 Å². The molecular weight excluding hydrogens is 544 g/mol. The van der Waals surface area contributed by atoms with E-state index in [0.717, 1.165) is 5.56 Å². The molecule has 0 aliphatic heterocycles. The van der Waals surface area contributed by atoms with Crippen molar-refractivity contribution in [2.45, 2.75) is 25.5 Å². The zero-order chi connectivity index (χ0) is 26.8. The van der Waals surface area contributed by atoms with Gasteiger partial charge in [-0.2, -0.15) is 0 Å². The number of nitrogens with one attached hydrogen (secondary N) is 1. The molecule has 194 valence electrons. The second kappa shape index (κ2) is 13.4. The van der Waals surface area contributed by atoms with Crippen molar-refractivity contribution in [2.75, 3.05) is 21.3 Å². The molecule has 1 atom stereocenters. The monoisotopic (exact) mass is 570 g/mol. The Morgan fingerprint density at radius 3 is 2.22 bits per heavy atom. The van der Waals surface area contributed by atoms with E-state index in [4.69, 9.17) is 18.9 Å². The van der Waals surface area contributed by atoms with Crippen LogP contribution >= 0.6 is 15.9 Å². The van der Waals surface area contributed by atoms with Gasteiger partial charge in [-0.15, -0.1) is 0 Å². The number of carbonyl (C=O) groups is 3. The van der Waals surface area contributed by atoms with Crippen LogP contribution in [0.4, 0.5) is 0 Å². The number of carbonyl (C=O) groups excluding carboxylic acids is 3. The predicted octanol–water partition coefficient (Wildman–Crippen LogP) is 4.37. The SMILES string of the molecule is COc1ccc(C(=O)NC(CCC(=O)OCc2ccccc2)C(=O)c2ccc(OC)c(Br)n2)cc1OC. The van der Waals surface area contributed by atoms with Gasteiger partial charge in [0.2, 0.25) is 5.78 Å². The van der Waals surface area contributed by atoms with Crippen LogP contribution in [0.2, 0.25) is 0 Å². The number of pyridine rings is 1. The number of hydrogen-bond acceptors (Lipinski definition) is 8. The molecule has 9 nitrogen and oxygen atoms in total. The van der Waals surface area contributed by atoms with Crippen molar-refractivity contribution in [1.82, 2.24) is 10.3 Å². The normalized spacial score (nSPS) is 11.2. The van der Waals surface area contributed by atoms with E-state index in [0.29, 0.717) is 21.9 Å². The summed E-state index contributed by atoms with van der Waals surface area (Å²) in [5.41, 5.74) is 1.20. The van der Waals surface area contributed by atoms with Crippen LogP contribution in [0.1, 0.15) is 39.3 Å². The van der Waals surface area contributed by atoms with Crippen molar-refractivity contribution in [1.29, 1.82) is 0 Å². The molecule has 0 saturated heterocycles. The smallest absolute Gasteiger partial charge is 0.306 e. The number of ketones is 1. The minimum absolute atomic E-state index is 0.0107. The molecule has 0 aliphatic rings. The fourth-order valence-corrected chi connectivity index (χ4v) is 3.93.